The zero-order valence-electron chi connectivity index (χ0n) is 10.4. The van der Waals surface area contributed by atoms with Crippen LogP contribution in [0.5, 0.6) is 0 Å². The normalized spacial score (nSPS) is 11.8. The molecule has 0 spiro atoms. The van der Waals surface area contributed by atoms with Crippen molar-refractivity contribution in [1.82, 2.24) is 0 Å². The Kier molecular flexibility index (Phi) is 6.08. The predicted molar refractivity (Wildman–Crippen MR) is 69.7 cm³/mol. The first kappa shape index (κ1) is 13.5. The summed E-state index contributed by atoms with van der Waals surface area (Å²) in [6, 6.07) is 10.3. The minimum absolute atomic E-state index is 0.134. The van der Waals surface area contributed by atoms with Gasteiger partial charge in [0.15, 0.2) is 0 Å². The number of rotatable bonds is 7. The van der Waals surface area contributed by atoms with Crippen molar-refractivity contribution in [2.24, 2.45) is 5.92 Å². The van der Waals surface area contributed by atoms with E-state index in [2.05, 4.69) is 18.7 Å². The lowest BCUT2D eigenvalue weighted by molar-refractivity contribution is -0.143. The van der Waals surface area contributed by atoms with Gasteiger partial charge in [0.2, 0.25) is 0 Å². The fourth-order valence-corrected chi connectivity index (χ4v) is 1.73. The van der Waals surface area contributed by atoms with E-state index >= 15 is 0 Å². The number of allylic oxidation sites excluding steroid dienone is 1. The van der Waals surface area contributed by atoms with Crippen LogP contribution in [0.2, 0.25) is 0 Å². The Balaban J connectivity index is 2.37. The zero-order chi connectivity index (χ0) is 12.5. The predicted octanol–water partition coefficient (Wildman–Crippen LogP) is 3.37. The van der Waals surface area contributed by atoms with Gasteiger partial charge in [-0.2, -0.15) is 0 Å². The highest BCUT2D eigenvalue weighted by molar-refractivity contribution is 5.69. The van der Waals surface area contributed by atoms with Crippen molar-refractivity contribution < 1.29 is 9.53 Å². The van der Waals surface area contributed by atoms with Crippen molar-refractivity contribution in [3.8, 4) is 0 Å². The minimum Gasteiger partial charge on any atom is -0.466 e. The van der Waals surface area contributed by atoms with Gasteiger partial charge in [-0.15, -0.1) is 6.58 Å². The molecule has 0 heterocycles. The maximum absolute atomic E-state index is 11.4. The molecule has 0 aliphatic heterocycles. The van der Waals surface area contributed by atoms with Gasteiger partial charge in [-0.1, -0.05) is 36.4 Å². The van der Waals surface area contributed by atoms with Gasteiger partial charge in [0.05, 0.1) is 13.0 Å². The molecule has 1 aromatic carbocycles. The van der Waals surface area contributed by atoms with E-state index < -0.39 is 0 Å². The van der Waals surface area contributed by atoms with Crippen LogP contribution in [0.15, 0.2) is 43.0 Å². The maximum Gasteiger partial charge on any atom is 0.306 e. The van der Waals surface area contributed by atoms with Gasteiger partial charge >= 0.3 is 5.97 Å². The first-order valence-electron chi connectivity index (χ1n) is 6.08. The fourth-order valence-electron chi connectivity index (χ4n) is 1.73. The average Bonchev–Trinajstić information content (AvgIpc) is 2.36. The Morgan fingerprint density at radius 3 is 2.71 bits per heavy atom. The van der Waals surface area contributed by atoms with Gasteiger partial charge in [0.25, 0.3) is 0 Å². The number of aryl methyl sites for hydroxylation is 1. The molecule has 1 atom stereocenters. The average molecular weight is 232 g/mol. The molecule has 0 saturated carbocycles. The number of hydrogen-bond donors (Lipinski definition) is 0. The van der Waals surface area contributed by atoms with Crippen LogP contribution in [0.4, 0.5) is 0 Å². The highest BCUT2D eigenvalue weighted by atomic mass is 16.5. The van der Waals surface area contributed by atoms with E-state index in [0.29, 0.717) is 13.0 Å². The molecule has 1 rings (SSSR count). The standard InChI is InChI=1S/C15H20O2/c1-3-13(12-15(16)17-4-2)10-11-14-8-6-5-7-9-14/h3,5-9,13H,1,4,10-12H2,2H3. The molecule has 0 fully saturated rings. The molecule has 0 aromatic heterocycles. The number of ether oxygens (including phenoxy) is 1. The maximum atomic E-state index is 11.4. The van der Waals surface area contributed by atoms with Gasteiger partial charge in [0, 0.05) is 0 Å². The van der Waals surface area contributed by atoms with Crippen LogP contribution < -0.4 is 0 Å². The van der Waals surface area contributed by atoms with E-state index in [1.54, 1.807) is 0 Å². The second-order valence-corrected chi connectivity index (χ2v) is 4.03. The summed E-state index contributed by atoms with van der Waals surface area (Å²) < 4.78 is 4.94. The lowest BCUT2D eigenvalue weighted by Crippen LogP contribution is -2.10. The molecule has 1 unspecified atom stereocenters. The second-order valence-electron chi connectivity index (χ2n) is 4.03. The summed E-state index contributed by atoms with van der Waals surface area (Å²) in [5, 5.41) is 0. The largest absolute Gasteiger partial charge is 0.466 e. The summed E-state index contributed by atoms with van der Waals surface area (Å²) in [6.45, 7) is 6.05. The molecule has 0 N–H and O–H groups in total. The second kappa shape index (κ2) is 7.66. The van der Waals surface area contributed by atoms with Crippen molar-refractivity contribution in [2.75, 3.05) is 6.61 Å². The Morgan fingerprint density at radius 1 is 1.41 bits per heavy atom. The molecule has 2 heteroatoms. The van der Waals surface area contributed by atoms with E-state index in [9.17, 15) is 4.79 Å². The van der Waals surface area contributed by atoms with Crippen molar-refractivity contribution in [3.05, 3.63) is 48.6 Å². The van der Waals surface area contributed by atoms with E-state index in [0.717, 1.165) is 12.8 Å². The van der Waals surface area contributed by atoms with Gasteiger partial charge < -0.3 is 4.74 Å². The summed E-state index contributed by atoms with van der Waals surface area (Å²) in [4.78, 5) is 11.4. The lowest BCUT2D eigenvalue weighted by atomic mass is 9.97. The summed E-state index contributed by atoms with van der Waals surface area (Å²) >= 11 is 0. The number of hydrogen-bond acceptors (Lipinski definition) is 2. The highest BCUT2D eigenvalue weighted by Gasteiger charge is 2.11. The van der Waals surface area contributed by atoms with Gasteiger partial charge in [-0.25, -0.2) is 0 Å². The third-order valence-corrected chi connectivity index (χ3v) is 2.71. The Labute approximate surface area is 103 Å². The summed E-state index contributed by atoms with van der Waals surface area (Å²) in [7, 11) is 0. The van der Waals surface area contributed by atoms with Gasteiger partial charge in [-0.05, 0) is 31.2 Å². The monoisotopic (exact) mass is 232 g/mol. The lowest BCUT2D eigenvalue weighted by Gasteiger charge is -2.11. The van der Waals surface area contributed by atoms with Crippen molar-refractivity contribution in [3.63, 3.8) is 0 Å². The molecule has 1 aromatic rings. The smallest absolute Gasteiger partial charge is 0.306 e. The Morgan fingerprint density at radius 2 is 2.12 bits per heavy atom. The third-order valence-electron chi connectivity index (χ3n) is 2.71. The molecule has 0 aliphatic rings. The van der Waals surface area contributed by atoms with Crippen molar-refractivity contribution in [1.29, 1.82) is 0 Å². The van der Waals surface area contributed by atoms with Crippen LogP contribution in [0.25, 0.3) is 0 Å². The minimum atomic E-state index is -0.134. The Bertz CT molecular complexity index is 343. The van der Waals surface area contributed by atoms with Gasteiger partial charge in [0.1, 0.15) is 0 Å². The summed E-state index contributed by atoms with van der Waals surface area (Å²) in [5.74, 6) is 0.0692. The van der Waals surface area contributed by atoms with Crippen molar-refractivity contribution >= 4 is 5.97 Å². The third kappa shape index (κ3) is 5.34. The number of carbonyl (C=O) groups excluding carboxylic acids is 1. The molecule has 0 bridgehead atoms. The van der Waals surface area contributed by atoms with Crippen LogP contribution in [0.1, 0.15) is 25.3 Å². The number of carbonyl (C=O) groups is 1. The molecular formula is C15H20O2. The first-order chi connectivity index (χ1) is 8.26. The molecule has 0 aliphatic carbocycles. The fraction of sp³-hybridized carbons (Fsp3) is 0.400. The van der Waals surface area contributed by atoms with E-state index in [-0.39, 0.29) is 11.9 Å². The quantitative estimate of drug-likeness (QED) is 0.532. The molecule has 17 heavy (non-hydrogen) atoms. The highest BCUT2D eigenvalue weighted by Crippen LogP contribution is 2.15. The zero-order valence-corrected chi connectivity index (χ0v) is 10.4. The van der Waals surface area contributed by atoms with Crippen molar-refractivity contribution in [2.45, 2.75) is 26.2 Å². The number of benzene rings is 1. The van der Waals surface area contributed by atoms with Crippen LogP contribution in [-0.2, 0) is 16.0 Å². The van der Waals surface area contributed by atoms with Crippen LogP contribution in [-0.4, -0.2) is 12.6 Å². The van der Waals surface area contributed by atoms with E-state index in [1.165, 1.54) is 5.56 Å². The van der Waals surface area contributed by atoms with Crippen LogP contribution in [0, 0.1) is 5.92 Å². The van der Waals surface area contributed by atoms with Crippen LogP contribution >= 0.6 is 0 Å². The number of esters is 1. The molecular weight excluding hydrogens is 212 g/mol. The molecule has 0 radical (unpaired) electrons. The molecule has 0 amide bonds. The SMILES string of the molecule is C=CC(CCc1ccccc1)CC(=O)OCC. The molecule has 2 nitrogen and oxygen atoms in total. The summed E-state index contributed by atoms with van der Waals surface area (Å²) in [5.41, 5.74) is 1.29. The topological polar surface area (TPSA) is 26.3 Å². The van der Waals surface area contributed by atoms with E-state index in [1.807, 2.05) is 31.2 Å². The summed E-state index contributed by atoms with van der Waals surface area (Å²) in [6.07, 6.45) is 4.19. The van der Waals surface area contributed by atoms with E-state index in [4.69, 9.17) is 4.74 Å². The molecule has 92 valence electrons. The molecule has 0 saturated heterocycles. The Hall–Kier alpha value is -1.57. The first-order valence-corrected chi connectivity index (χ1v) is 6.08. The van der Waals surface area contributed by atoms with Crippen LogP contribution in [0.3, 0.4) is 0 Å². The van der Waals surface area contributed by atoms with Gasteiger partial charge in [-0.3, -0.25) is 4.79 Å².